The smallest absolute Gasteiger partial charge is 0.307 e. The predicted octanol–water partition coefficient (Wildman–Crippen LogP) is 2.64. The van der Waals surface area contributed by atoms with Gasteiger partial charge in [-0.3, -0.25) is 16.0 Å². The van der Waals surface area contributed by atoms with Crippen LogP contribution in [0.2, 0.25) is 0 Å². The van der Waals surface area contributed by atoms with Gasteiger partial charge in [0.05, 0.1) is 15.5 Å². The van der Waals surface area contributed by atoms with Crippen molar-refractivity contribution in [3.63, 3.8) is 0 Å². The van der Waals surface area contributed by atoms with E-state index in [1.54, 1.807) is 19.1 Å². The van der Waals surface area contributed by atoms with Crippen molar-refractivity contribution in [3.8, 4) is 0 Å². The molecule has 0 saturated heterocycles. The summed E-state index contributed by atoms with van der Waals surface area (Å²) < 4.78 is 5.40. The third-order valence-corrected chi connectivity index (χ3v) is 3.44. The van der Waals surface area contributed by atoms with E-state index >= 15 is 0 Å². The molecule has 19 heavy (non-hydrogen) atoms. The lowest BCUT2D eigenvalue weighted by molar-refractivity contribution is -0.386. The van der Waals surface area contributed by atoms with Crippen LogP contribution in [0.3, 0.4) is 0 Å². The van der Waals surface area contributed by atoms with Crippen LogP contribution in [0.15, 0.2) is 32.7 Å². The van der Waals surface area contributed by atoms with Crippen molar-refractivity contribution in [2.75, 3.05) is 5.43 Å². The number of nitrogens with two attached hydrogens (primary N) is 1. The van der Waals surface area contributed by atoms with Crippen molar-refractivity contribution in [3.05, 3.63) is 39.8 Å². The zero-order valence-electron chi connectivity index (χ0n) is 10.3. The van der Waals surface area contributed by atoms with E-state index < -0.39 is 4.92 Å². The third-order valence-electron chi connectivity index (χ3n) is 2.54. The van der Waals surface area contributed by atoms with Crippen molar-refractivity contribution in [2.24, 2.45) is 5.84 Å². The molecule has 100 valence electrons. The van der Waals surface area contributed by atoms with Crippen LogP contribution in [0.1, 0.15) is 11.5 Å². The average Bonchev–Trinajstić information content (AvgIpc) is 2.67. The van der Waals surface area contributed by atoms with Crippen molar-refractivity contribution >= 4 is 23.1 Å². The molecule has 7 nitrogen and oxygen atoms in total. The van der Waals surface area contributed by atoms with Gasteiger partial charge < -0.3 is 9.84 Å². The summed E-state index contributed by atoms with van der Waals surface area (Å²) in [6, 6.07) is 4.83. The number of nitrogen functional groups attached to an aromatic ring is 1. The summed E-state index contributed by atoms with van der Waals surface area (Å²) in [6.07, 6.45) is 0. The Morgan fingerprint density at radius 3 is 2.74 bits per heavy atom. The topological polar surface area (TPSA) is 107 Å². The maximum atomic E-state index is 11.1. The fraction of sp³-hybridized carbons (Fsp3) is 0.182. The van der Waals surface area contributed by atoms with Crippen LogP contribution in [0.4, 0.5) is 11.4 Å². The molecule has 1 heterocycles. The molecule has 0 atom stereocenters. The lowest BCUT2D eigenvalue weighted by Crippen LogP contribution is -2.09. The first-order valence-electron chi connectivity index (χ1n) is 5.39. The Morgan fingerprint density at radius 1 is 1.47 bits per heavy atom. The maximum absolute atomic E-state index is 11.1. The van der Waals surface area contributed by atoms with Gasteiger partial charge in [0.2, 0.25) is 0 Å². The first-order chi connectivity index (χ1) is 9.02. The van der Waals surface area contributed by atoms with Crippen LogP contribution in [0.5, 0.6) is 0 Å². The molecule has 0 amide bonds. The minimum atomic E-state index is -0.486. The summed E-state index contributed by atoms with van der Waals surface area (Å²) in [5.41, 5.74) is 3.23. The van der Waals surface area contributed by atoms with Gasteiger partial charge >= 0.3 is 5.69 Å². The van der Waals surface area contributed by atoms with Crippen molar-refractivity contribution in [1.82, 2.24) is 4.98 Å². The van der Waals surface area contributed by atoms with Crippen LogP contribution >= 0.6 is 11.8 Å². The van der Waals surface area contributed by atoms with Gasteiger partial charge in [-0.15, -0.1) is 0 Å². The van der Waals surface area contributed by atoms with Gasteiger partial charge in [0.1, 0.15) is 11.4 Å². The molecule has 0 aliphatic heterocycles. The number of hydrogen-bond acceptors (Lipinski definition) is 7. The third kappa shape index (κ3) is 2.69. The van der Waals surface area contributed by atoms with Gasteiger partial charge in [-0.05, 0) is 37.7 Å². The number of para-hydroxylation sites is 1. The van der Waals surface area contributed by atoms with Crippen LogP contribution in [0, 0.1) is 24.0 Å². The molecule has 2 rings (SSSR count). The van der Waals surface area contributed by atoms with Crippen molar-refractivity contribution in [2.45, 2.75) is 24.0 Å². The Labute approximate surface area is 113 Å². The molecule has 0 spiro atoms. The number of rotatable bonds is 4. The van der Waals surface area contributed by atoms with Gasteiger partial charge in [-0.2, -0.15) is 0 Å². The molecule has 8 heteroatoms. The monoisotopic (exact) mass is 280 g/mol. The number of nitro groups is 1. The number of hydrogen-bond donors (Lipinski definition) is 2. The van der Waals surface area contributed by atoms with Crippen LogP contribution in [-0.2, 0) is 0 Å². The lowest BCUT2D eigenvalue weighted by atomic mass is 10.3. The zero-order valence-corrected chi connectivity index (χ0v) is 11.2. The van der Waals surface area contributed by atoms with E-state index in [1.807, 2.05) is 6.92 Å². The molecule has 0 aliphatic carbocycles. The second-order valence-electron chi connectivity index (χ2n) is 3.78. The standard InChI is InChI=1S/C11H12N4O3S/c1-6-7(2)18-11(13-6)19-9-5-3-4-8(14-12)10(9)15(16)17/h3-5,14H,12H2,1-2H3. The van der Waals surface area contributed by atoms with Gasteiger partial charge in [-0.25, -0.2) is 4.98 Å². The first kappa shape index (κ1) is 13.4. The fourth-order valence-corrected chi connectivity index (χ4v) is 2.46. The number of aryl methyl sites for hydroxylation is 2. The van der Waals surface area contributed by atoms with E-state index in [0.717, 1.165) is 17.5 Å². The van der Waals surface area contributed by atoms with E-state index in [-0.39, 0.29) is 11.4 Å². The minimum absolute atomic E-state index is 0.0940. The molecule has 3 N–H and O–H groups in total. The first-order valence-corrected chi connectivity index (χ1v) is 6.20. The number of hydrazine groups is 1. The maximum Gasteiger partial charge on any atom is 0.307 e. The molecule has 0 saturated carbocycles. The molecule has 0 bridgehead atoms. The molecule has 0 radical (unpaired) electrons. The number of anilines is 1. The Hall–Kier alpha value is -2.06. The Balaban J connectivity index is 2.42. The number of aromatic nitrogens is 1. The van der Waals surface area contributed by atoms with Crippen LogP contribution < -0.4 is 11.3 Å². The van der Waals surface area contributed by atoms with Crippen molar-refractivity contribution < 1.29 is 9.34 Å². The SMILES string of the molecule is Cc1nc(Sc2cccc(NN)c2[N+](=O)[O-])oc1C. The zero-order chi connectivity index (χ0) is 14.0. The molecule has 0 aliphatic rings. The van der Waals surface area contributed by atoms with E-state index in [4.69, 9.17) is 10.3 Å². The quantitative estimate of drug-likeness (QED) is 0.503. The number of nitro benzene ring substituents is 1. The Bertz CT molecular complexity index is 607. The molecule has 2 aromatic rings. The normalized spacial score (nSPS) is 10.5. The van der Waals surface area contributed by atoms with Gasteiger partial charge in [-0.1, -0.05) is 6.07 Å². The highest BCUT2D eigenvalue weighted by atomic mass is 32.2. The molecule has 0 fully saturated rings. The van der Waals surface area contributed by atoms with E-state index in [0.29, 0.717) is 15.9 Å². The molecular formula is C11H12N4O3S. The van der Waals surface area contributed by atoms with E-state index in [9.17, 15) is 10.1 Å². The molecule has 0 unspecified atom stereocenters. The van der Waals surface area contributed by atoms with Gasteiger partial charge in [0.15, 0.2) is 0 Å². The average molecular weight is 280 g/mol. The molecular weight excluding hydrogens is 268 g/mol. The highest BCUT2D eigenvalue weighted by molar-refractivity contribution is 7.99. The lowest BCUT2D eigenvalue weighted by Gasteiger charge is -2.05. The molecule has 1 aromatic heterocycles. The fourth-order valence-electron chi connectivity index (χ4n) is 1.49. The van der Waals surface area contributed by atoms with Crippen LogP contribution in [-0.4, -0.2) is 9.91 Å². The van der Waals surface area contributed by atoms with Crippen molar-refractivity contribution in [1.29, 1.82) is 0 Å². The van der Waals surface area contributed by atoms with Gasteiger partial charge in [0.25, 0.3) is 5.22 Å². The Kier molecular flexibility index (Phi) is 3.72. The number of benzene rings is 1. The predicted molar refractivity (Wildman–Crippen MR) is 71.0 cm³/mol. The summed E-state index contributed by atoms with van der Waals surface area (Å²) in [4.78, 5) is 15.2. The van der Waals surface area contributed by atoms with Crippen LogP contribution in [0.25, 0.3) is 0 Å². The number of nitrogens with one attached hydrogen (secondary N) is 1. The van der Waals surface area contributed by atoms with E-state index in [1.165, 1.54) is 6.07 Å². The second kappa shape index (κ2) is 5.29. The summed E-state index contributed by atoms with van der Waals surface area (Å²) in [5.74, 6) is 5.97. The van der Waals surface area contributed by atoms with Gasteiger partial charge in [0, 0.05) is 0 Å². The summed E-state index contributed by atoms with van der Waals surface area (Å²) >= 11 is 1.09. The number of oxazole rings is 1. The Morgan fingerprint density at radius 2 is 2.21 bits per heavy atom. The highest BCUT2D eigenvalue weighted by Crippen LogP contribution is 2.38. The highest BCUT2D eigenvalue weighted by Gasteiger charge is 2.21. The summed E-state index contributed by atoms with van der Waals surface area (Å²) in [5, 5.41) is 11.5. The largest absolute Gasteiger partial charge is 0.436 e. The summed E-state index contributed by atoms with van der Waals surface area (Å²) in [7, 11) is 0. The molecule has 1 aromatic carbocycles. The van der Waals surface area contributed by atoms with E-state index in [2.05, 4.69) is 10.4 Å². The number of nitrogens with zero attached hydrogens (tertiary/aromatic N) is 2. The second-order valence-corrected chi connectivity index (χ2v) is 4.77. The minimum Gasteiger partial charge on any atom is -0.436 e. The summed E-state index contributed by atoms with van der Waals surface area (Å²) in [6.45, 7) is 3.60.